The average molecular weight is 373 g/mol. The van der Waals surface area contributed by atoms with Gasteiger partial charge in [0.15, 0.2) is 0 Å². The van der Waals surface area contributed by atoms with Gasteiger partial charge in [-0.2, -0.15) is 5.10 Å². The smallest absolute Gasteiger partial charge is 0.312 e. The minimum absolute atomic E-state index is 0.0348. The molecule has 8 heteroatoms. The third-order valence-electron chi connectivity index (χ3n) is 4.70. The highest BCUT2D eigenvalue weighted by Crippen LogP contribution is 2.21. The molecule has 0 saturated carbocycles. The molecule has 0 radical (unpaired) electrons. The molecule has 1 N–H and O–H groups in total. The minimum atomic E-state index is -0.463. The lowest BCUT2D eigenvalue weighted by molar-refractivity contribution is -0.386. The van der Waals surface area contributed by atoms with Crippen LogP contribution in [0.2, 0.25) is 0 Å². The molecule has 0 fully saturated rings. The van der Waals surface area contributed by atoms with Gasteiger partial charge in [-0.1, -0.05) is 38.1 Å². The largest absolute Gasteiger partial charge is 0.350 e. The predicted octanol–water partition coefficient (Wildman–Crippen LogP) is 2.57. The average Bonchev–Trinajstić information content (AvgIpc) is 2.92. The van der Waals surface area contributed by atoms with Gasteiger partial charge in [0.05, 0.1) is 4.92 Å². The third-order valence-corrected chi connectivity index (χ3v) is 4.70. The van der Waals surface area contributed by atoms with Crippen LogP contribution in [-0.4, -0.2) is 38.6 Å². The first-order chi connectivity index (χ1) is 12.9. The van der Waals surface area contributed by atoms with Crippen LogP contribution < -0.4 is 5.32 Å². The zero-order valence-corrected chi connectivity index (χ0v) is 16.4. The second-order valence-electron chi connectivity index (χ2n) is 6.44. The summed E-state index contributed by atoms with van der Waals surface area (Å²) in [4.78, 5) is 25.2. The topological polar surface area (TPSA) is 93.3 Å². The second-order valence-corrected chi connectivity index (χ2v) is 6.44. The van der Waals surface area contributed by atoms with Crippen LogP contribution in [0.4, 0.5) is 5.69 Å². The van der Waals surface area contributed by atoms with E-state index in [0.717, 1.165) is 25.2 Å². The maximum absolute atomic E-state index is 12.3. The van der Waals surface area contributed by atoms with Gasteiger partial charge >= 0.3 is 5.69 Å². The molecule has 2 rings (SSSR count). The van der Waals surface area contributed by atoms with Crippen molar-refractivity contribution in [3.05, 3.63) is 56.9 Å². The Bertz CT molecular complexity index is 812. The number of aromatic nitrogens is 2. The van der Waals surface area contributed by atoms with E-state index in [1.165, 1.54) is 10.2 Å². The fourth-order valence-electron chi connectivity index (χ4n) is 3.06. The van der Waals surface area contributed by atoms with Gasteiger partial charge in [0, 0.05) is 13.1 Å². The molecule has 2 aromatic rings. The number of carbonyl (C=O) groups is 1. The number of nitro groups is 1. The summed E-state index contributed by atoms with van der Waals surface area (Å²) in [6.07, 6.45) is 0. The number of carbonyl (C=O) groups excluding carboxylic acids is 1. The van der Waals surface area contributed by atoms with Crippen molar-refractivity contribution in [2.24, 2.45) is 0 Å². The van der Waals surface area contributed by atoms with Crippen molar-refractivity contribution in [1.82, 2.24) is 20.0 Å². The molecule has 0 aliphatic rings. The van der Waals surface area contributed by atoms with E-state index < -0.39 is 4.92 Å². The molecule has 1 aromatic heterocycles. The number of benzene rings is 1. The first kappa shape index (κ1) is 20.6. The van der Waals surface area contributed by atoms with Crippen molar-refractivity contribution in [3.63, 3.8) is 0 Å². The van der Waals surface area contributed by atoms with Crippen LogP contribution in [0.5, 0.6) is 0 Å². The lowest BCUT2D eigenvalue weighted by atomic mass is 10.1. The fraction of sp³-hybridized carbons (Fsp3) is 0.474. The zero-order valence-electron chi connectivity index (χ0n) is 16.4. The number of hydrogen-bond donors (Lipinski definition) is 1. The SMILES string of the molecule is CCN(CC)Cc1ccccc1CNC(=O)Cn1nc(C)c([N+](=O)[O-])c1C. The molecule has 0 spiro atoms. The highest BCUT2D eigenvalue weighted by atomic mass is 16.6. The molecule has 0 aliphatic carbocycles. The number of nitrogens with zero attached hydrogens (tertiary/aromatic N) is 4. The summed E-state index contributed by atoms with van der Waals surface area (Å²) in [5.74, 6) is -0.229. The number of nitrogens with one attached hydrogen (secondary N) is 1. The van der Waals surface area contributed by atoms with Crippen LogP contribution in [0.25, 0.3) is 0 Å². The molecule has 0 saturated heterocycles. The van der Waals surface area contributed by atoms with Crippen LogP contribution in [0, 0.1) is 24.0 Å². The van der Waals surface area contributed by atoms with E-state index in [1.54, 1.807) is 13.8 Å². The molecular formula is C19H27N5O3. The van der Waals surface area contributed by atoms with Crippen molar-refractivity contribution in [3.8, 4) is 0 Å². The van der Waals surface area contributed by atoms with Crippen LogP contribution >= 0.6 is 0 Å². The van der Waals surface area contributed by atoms with E-state index in [1.807, 2.05) is 18.2 Å². The standard InChI is InChI=1S/C19H27N5O3/c1-5-22(6-2)12-17-10-8-7-9-16(17)11-20-18(25)13-23-15(4)19(24(26)27)14(3)21-23/h7-10H,5-6,11-13H2,1-4H3,(H,20,25). The van der Waals surface area contributed by atoms with Crippen LogP contribution in [0.1, 0.15) is 36.4 Å². The molecule has 1 aromatic carbocycles. The molecule has 1 amide bonds. The van der Waals surface area contributed by atoms with E-state index in [9.17, 15) is 14.9 Å². The van der Waals surface area contributed by atoms with Crippen LogP contribution in [-0.2, 0) is 24.4 Å². The van der Waals surface area contributed by atoms with Gasteiger partial charge in [-0.3, -0.25) is 24.5 Å². The third kappa shape index (κ3) is 5.13. The highest BCUT2D eigenvalue weighted by Gasteiger charge is 2.22. The summed E-state index contributed by atoms with van der Waals surface area (Å²) in [5.41, 5.74) is 2.91. The van der Waals surface area contributed by atoms with Crippen molar-refractivity contribution in [1.29, 1.82) is 0 Å². The number of rotatable bonds is 9. The first-order valence-electron chi connectivity index (χ1n) is 9.11. The van der Waals surface area contributed by atoms with E-state index in [4.69, 9.17) is 0 Å². The number of hydrogen-bond acceptors (Lipinski definition) is 5. The summed E-state index contributed by atoms with van der Waals surface area (Å²) >= 11 is 0. The van der Waals surface area contributed by atoms with Crippen molar-refractivity contribution in [2.75, 3.05) is 13.1 Å². The Balaban J connectivity index is 2.03. The zero-order chi connectivity index (χ0) is 20.0. The lowest BCUT2D eigenvalue weighted by Gasteiger charge is -2.20. The number of amides is 1. The maximum Gasteiger partial charge on any atom is 0.312 e. The Morgan fingerprint density at radius 1 is 1.22 bits per heavy atom. The Labute approximate surface area is 159 Å². The fourth-order valence-corrected chi connectivity index (χ4v) is 3.06. The molecule has 146 valence electrons. The molecule has 1 heterocycles. The lowest BCUT2D eigenvalue weighted by Crippen LogP contribution is -2.29. The first-order valence-corrected chi connectivity index (χ1v) is 9.11. The summed E-state index contributed by atoms with van der Waals surface area (Å²) in [6, 6.07) is 8.04. The Morgan fingerprint density at radius 3 is 2.41 bits per heavy atom. The van der Waals surface area contributed by atoms with Gasteiger partial charge in [-0.25, -0.2) is 0 Å². The van der Waals surface area contributed by atoms with Gasteiger partial charge in [-0.15, -0.1) is 0 Å². The predicted molar refractivity (Wildman–Crippen MR) is 103 cm³/mol. The summed E-state index contributed by atoms with van der Waals surface area (Å²) in [6.45, 7) is 10.6. The van der Waals surface area contributed by atoms with Gasteiger partial charge in [0.25, 0.3) is 0 Å². The molecule has 0 bridgehead atoms. The molecule has 0 unspecified atom stereocenters. The van der Waals surface area contributed by atoms with Gasteiger partial charge in [0.1, 0.15) is 17.9 Å². The maximum atomic E-state index is 12.3. The van der Waals surface area contributed by atoms with E-state index >= 15 is 0 Å². The second kappa shape index (κ2) is 9.27. The van der Waals surface area contributed by atoms with Crippen LogP contribution in [0.15, 0.2) is 24.3 Å². The van der Waals surface area contributed by atoms with Crippen molar-refractivity contribution < 1.29 is 9.72 Å². The van der Waals surface area contributed by atoms with Crippen molar-refractivity contribution >= 4 is 11.6 Å². The minimum Gasteiger partial charge on any atom is -0.350 e. The highest BCUT2D eigenvalue weighted by molar-refractivity contribution is 5.75. The Kier molecular flexibility index (Phi) is 7.06. The monoisotopic (exact) mass is 373 g/mol. The van der Waals surface area contributed by atoms with E-state index in [0.29, 0.717) is 17.9 Å². The van der Waals surface area contributed by atoms with Crippen molar-refractivity contribution in [2.45, 2.75) is 47.3 Å². The van der Waals surface area contributed by atoms with Gasteiger partial charge in [0.2, 0.25) is 5.91 Å². The number of aryl methyl sites for hydroxylation is 1. The summed E-state index contributed by atoms with van der Waals surface area (Å²) < 4.78 is 1.38. The van der Waals surface area contributed by atoms with E-state index in [2.05, 4.69) is 35.2 Å². The van der Waals surface area contributed by atoms with Gasteiger partial charge in [-0.05, 0) is 38.1 Å². The summed E-state index contributed by atoms with van der Waals surface area (Å²) in [7, 11) is 0. The van der Waals surface area contributed by atoms with E-state index in [-0.39, 0.29) is 18.1 Å². The molecular weight excluding hydrogens is 346 g/mol. The Morgan fingerprint density at radius 2 is 1.85 bits per heavy atom. The van der Waals surface area contributed by atoms with Gasteiger partial charge < -0.3 is 5.32 Å². The summed E-state index contributed by atoms with van der Waals surface area (Å²) in [5, 5.41) is 18.1. The quantitative estimate of drug-likeness (QED) is 0.539. The molecule has 0 atom stereocenters. The normalized spacial score (nSPS) is 11.0. The molecule has 27 heavy (non-hydrogen) atoms. The Hall–Kier alpha value is -2.74. The molecule has 0 aliphatic heterocycles. The molecule has 8 nitrogen and oxygen atoms in total. The van der Waals surface area contributed by atoms with Crippen LogP contribution in [0.3, 0.4) is 0 Å².